The smallest absolute Gasteiger partial charge is 0.231 e. The van der Waals surface area contributed by atoms with E-state index >= 15 is 0 Å². The first-order valence-electron chi connectivity index (χ1n) is 5.13. The number of hydroxylamine groups is 1. The molecule has 1 aromatic carbocycles. The number of benzene rings is 1. The van der Waals surface area contributed by atoms with Gasteiger partial charge in [-0.15, -0.1) is 0 Å². The van der Waals surface area contributed by atoms with Crippen LogP contribution in [0.1, 0.15) is 30.9 Å². The minimum Gasteiger partial charge on any atom is -0.454 e. The van der Waals surface area contributed by atoms with Gasteiger partial charge in [-0.1, -0.05) is 13.8 Å². The summed E-state index contributed by atoms with van der Waals surface area (Å²) < 4.78 is 11.7. The highest BCUT2D eigenvalue weighted by Gasteiger charge is 2.23. The molecule has 0 unspecified atom stereocenters. The van der Waals surface area contributed by atoms with E-state index in [9.17, 15) is 0 Å². The molecule has 1 heterocycles. The highest BCUT2D eigenvalue weighted by atomic mass is 79.9. The van der Waals surface area contributed by atoms with E-state index in [1.54, 1.807) is 0 Å². The van der Waals surface area contributed by atoms with Gasteiger partial charge in [-0.05, 0) is 39.0 Å². The van der Waals surface area contributed by atoms with Crippen LogP contribution in [0.4, 0.5) is 0 Å². The lowest BCUT2D eigenvalue weighted by molar-refractivity contribution is 0.160. The molecule has 0 amide bonds. The second kappa shape index (κ2) is 4.61. The molecular weight excluding hydrogens is 274 g/mol. The Morgan fingerprint density at radius 3 is 2.88 bits per heavy atom. The minimum atomic E-state index is 0.251. The Morgan fingerprint density at radius 2 is 2.25 bits per heavy atom. The van der Waals surface area contributed by atoms with E-state index in [-0.39, 0.29) is 6.79 Å². The van der Waals surface area contributed by atoms with Crippen LogP contribution in [0.25, 0.3) is 0 Å². The second-order valence-electron chi connectivity index (χ2n) is 3.99. The van der Waals surface area contributed by atoms with E-state index in [0.717, 1.165) is 27.1 Å². The van der Waals surface area contributed by atoms with E-state index in [2.05, 4.69) is 35.3 Å². The van der Waals surface area contributed by atoms with Crippen LogP contribution in [-0.2, 0) is 6.54 Å². The zero-order valence-corrected chi connectivity index (χ0v) is 10.8. The van der Waals surface area contributed by atoms with Gasteiger partial charge in [0.25, 0.3) is 0 Å². The molecule has 5 heteroatoms. The van der Waals surface area contributed by atoms with E-state index in [1.165, 1.54) is 0 Å². The molecule has 0 atom stereocenters. The number of halogens is 1. The maximum absolute atomic E-state index is 8.83. The standard InChI is InChI=1S/C11H14BrNO3/c1-6(2)9-7(4-13-14)3-8-11(10(9)12)16-5-15-8/h3,6,13-14H,4-5H2,1-2H3. The van der Waals surface area contributed by atoms with Crippen LogP contribution >= 0.6 is 15.9 Å². The van der Waals surface area contributed by atoms with Crippen molar-refractivity contribution in [3.05, 3.63) is 21.7 Å². The van der Waals surface area contributed by atoms with Crippen LogP contribution < -0.4 is 15.0 Å². The van der Waals surface area contributed by atoms with Gasteiger partial charge in [0.2, 0.25) is 6.79 Å². The predicted octanol–water partition coefficient (Wildman–Crippen LogP) is 2.78. The van der Waals surface area contributed by atoms with Crippen molar-refractivity contribution in [3.63, 3.8) is 0 Å². The van der Waals surface area contributed by atoms with Crippen molar-refractivity contribution in [1.82, 2.24) is 5.48 Å². The van der Waals surface area contributed by atoms with E-state index < -0.39 is 0 Å². The summed E-state index contributed by atoms with van der Waals surface area (Å²) in [7, 11) is 0. The molecule has 16 heavy (non-hydrogen) atoms. The maximum atomic E-state index is 8.83. The van der Waals surface area contributed by atoms with Crippen molar-refractivity contribution in [2.24, 2.45) is 0 Å². The molecule has 0 aliphatic carbocycles. The summed E-state index contributed by atoms with van der Waals surface area (Å²) in [6.45, 7) is 4.84. The van der Waals surface area contributed by atoms with E-state index in [4.69, 9.17) is 14.7 Å². The van der Waals surface area contributed by atoms with Crippen LogP contribution in [0.2, 0.25) is 0 Å². The fourth-order valence-electron chi connectivity index (χ4n) is 1.92. The molecule has 0 spiro atoms. The molecule has 0 saturated carbocycles. The molecule has 0 fully saturated rings. The van der Waals surface area contributed by atoms with Gasteiger partial charge in [0.1, 0.15) is 0 Å². The molecule has 0 radical (unpaired) electrons. The van der Waals surface area contributed by atoms with Crippen molar-refractivity contribution in [3.8, 4) is 11.5 Å². The summed E-state index contributed by atoms with van der Waals surface area (Å²) in [6.07, 6.45) is 0. The molecule has 1 aliphatic rings. The molecular formula is C11H14BrNO3. The third-order valence-corrected chi connectivity index (χ3v) is 3.36. The largest absolute Gasteiger partial charge is 0.454 e. The molecule has 0 bridgehead atoms. The second-order valence-corrected chi connectivity index (χ2v) is 4.78. The lowest BCUT2D eigenvalue weighted by Crippen LogP contribution is -2.10. The van der Waals surface area contributed by atoms with Crippen molar-refractivity contribution in [1.29, 1.82) is 0 Å². The van der Waals surface area contributed by atoms with Gasteiger partial charge in [0.05, 0.1) is 4.47 Å². The average molecular weight is 288 g/mol. The normalized spacial score (nSPS) is 13.6. The first-order chi connectivity index (χ1) is 7.65. The SMILES string of the molecule is CC(C)c1c(CNO)cc2c(c1Br)OCO2. The number of hydrogen-bond acceptors (Lipinski definition) is 4. The Balaban J connectivity index is 2.55. The summed E-state index contributed by atoms with van der Waals surface area (Å²) in [5.41, 5.74) is 4.32. The Morgan fingerprint density at radius 1 is 1.50 bits per heavy atom. The monoisotopic (exact) mass is 287 g/mol. The van der Waals surface area contributed by atoms with Crippen molar-refractivity contribution < 1.29 is 14.7 Å². The molecule has 1 aliphatic heterocycles. The number of rotatable bonds is 3. The van der Waals surface area contributed by atoms with Crippen LogP contribution in [-0.4, -0.2) is 12.0 Å². The topological polar surface area (TPSA) is 50.7 Å². The molecule has 0 aromatic heterocycles. The number of hydrogen-bond donors (Lipinski definition) is 2. The third-order valence-electron chi connectivity index (χ3n) is 2.58. The van der Waals surface area contributed by atoms with Gasteiger partial charge in [0.15, 0.2) is 11.5 Å². The van der Waals surface area contributed by atoms with E-state index in [0.29, 0.717) is 12.5 Å². The Labute approximate surface area is 103 Å². The Hall–Kier alpha value is -0.780. The predicted molar refractivity (Wildman–Crippen MR) is 63.0 cm³/mol. The molecule has 88 valence electrons. The van der Waals surface area contributed by atoms with Gasteiger partial charge in [-0.2, -0.15) is 0 Å². The number of ether oxygens (including phenoxy) is 2. The van der Waals surface area contributed by atoms with Crippen molar-refractivity contribution >= 4 is 15.9 Å². The van der Waals surface area contributed by atoms with Gasteiger partial charge in [-0.25, -0.2) is 5.48 Å². The van der Waals surface area contributed by atoms with Crippen LogP contribution in [0.15, 0.2) is 10.5 Å². The fourth-order valence-corrected chi connectivity index (χ4v) is 2.94. The van der Waals surface area contributed by atoms with Crippen LogP contribution in [0, 0.1) is 0 Å². The number of fused-ring (bicyclic) bond motifs is 1. The summed E-state index contributed by atoms with van der Waals surface area (Å²) in [6, 6.07) is 1.91. The zero-order valence-electron chi connectivity index (χ0n) is 9.21. The van der Waals surface area contributed by atoms with Gasteiger partial charge >= 0.3 is 0 Å². The Kier molecular flexibility index (Phi) is 3.37. The quantitative estimate of drug-likeness (QED) is 0.840. The lowest BCUT2D eigenvalue weighted by Gasteiger charge is -2.16. The van der Waals surface area contributed by atoms with Gasteiger partial charge in [-0.3, -0.25) is 0 Å². The lowest BCUT2D eigenvalue weighted by atomic mass is 9.96. The van der Waals surface area contributed by atoms with Crippen molar-refractivity contribution in [2.75, 3.05) is 6.79 Å². The summed E-state index contributed by atoms with van der Waals surface area (Å²) >= 11 is 3.54. The van der Waals surface area contributed by atoms with Gasteiger partial charge < -0.3 is 14.7 Å². The first kappa shape index (κ1) is 11.7. The highest BCUT2D eigenvalue weighted by Crippen LogP contribution is 2.45. The first-order valence-corrected chi connectivity index (χ1v) is 5.92. The molecule has 4 nitrogen and oxygen atoms in total. The maximum Gasteiger partial charge on any atom is 0.231 e. The molecule has 0 saturated heterocycles. The van der Waals surface area contributed by atoms with E-state index in [1.807, 2.05) is 6.07 Å². The summed E-state index contributed by atoms with van der Waals surface area (Å²) in [4.78, 5) is 0. The summed E-state index contributed by atoms with van der Waals surface area (Å²) in [5, 5.41) is 8.83. The summed E-state index contributed by atoms with van der Waals surface area (Å²) in [5.74, 6) is 1.82. The zero-order chi connectivity index (χ0) is 11.7. The average Bonchev–Trinajstić information content (AvgIpc) is 2.65. The van der Waals surface area contributed by atoms with Crippen LogP contribution in [0.5, 0.6) is 11.5 Å². The highest BCUT2D eigenvalue weighted by molar-refractivity contribution is 9.10. The fraction of sp³-hybridized carbons (Fsp3) is 0.455. The minimum absolute atomic E-state index is 0.251. The third kappa shape index (κ3) is 1.90. The Bertz CT molecular complexity index is 407. The van der Waals surface area contributed by atoms with Crippen LogP contribution in [0.3, 0.4) is 0 Å². The molecule has 1 aromatic rings. The number of nitrogens with one attached hydrogen (secondary N) is 1. The van der Waals surface area contributed by atoms with Crippen molar-refractivity contribution in [2.45, 2.75) is 26.3 Å². The molecule has 2 N–H and O–H groups in total. The van der Waals surface area contributed by atoms with Gasteiger partial charge in [0, 0.05) is 6.54 Å². The molecule has 2 rings (SSSR count).